The third-order valence-electron chi connectivity index (χ3n) is 3.60. The van der Waals surface area contributed by atoms with Crippen LogP contribution in [0.25, 0.3) is 10.8 Å². The van der Waals surface area contributed by atoms with E-state index >= 15 is 0 Å². The van der Waals surface area contributed by atoms with Crippen molar-refractivity contribution in [2.45, 2.75) is 17.5 Å². The van der Waals surface area contributed by atoms with Gasteiger partial charge in [0.1, 0.15) is 5.37 Å². The molecule has 2 aromatic carbocycles. The van der Waals surface area contributed by atoms with E-state index in [0.717, 1.165) is 0 Å². The highest BCUT2D eigenvalue weighted by atomic mass is 32.2. The summed E-state index contributed by atoms with van der Waals surface area (Å²) in [5, 5.41) is 2.36. The Balaban J connectivity index is 2.10. The average Bonchev–Trinajstić information content (AvgIpc) is 2.75. The fourth-order valence-corrected chi connectivity index (χ4v) is 3.96. The maximum absolute atomic E-state index is 12.2. The van der Waals surface area contributed by atoms with Crippen molar-refractivity contribution in [1.82, 2.24) is 4.90 Å². The maximum atomic E-state index is 12.2. The van der Waals surface area contributed by atoms with Crippen molar-refractivity contribution in [3.05, 3.63) is 48.0 Å². The molecule has 100 valence electrons. The number of carbonyl (C=O) groups excluding carboxylic acids is 1. The molecule has 1 aliphatic heterocycles. The van der Waals surface area contributed by atoms with Gasteiger partial charge in [-0.1, -0.05) is 48.4 Å². The first kappa shape index (κ1) is 13.1. The predicted molar refractivity (Wildman–Crippen MR) is 84.3 cm³/mol. The Hall–Kier alpha value is -1.92. The van der Waals surface area contributed by atoms with Crippen LogP contribution >= 0.6 is 11.8 Å². The molecule has 2 unspecified atom stereocenters. The molecule has 0 aromatic heterocycles. The van der Waals surface area contributed by atoms with E-state index in [1.807, 2.05) is 25.1 Å². The second-order valence-corrected chi connectivity index (χ2v) is 6.30. The number of rotatable bonds is 2. The lowest BCUT2D eigenvalue weighted by atomic mass is 10.0. The van der Waals surface area contributed by atoms with Crippen LogP contribution in [0.1, 0.15) is 17.9 Å². The summed E-state index contributed by atoms with van der Waals surface area (Å²) in [6.07, 6.45) is 5.42. The summed E-state index contributed by atoms with van der Waals surface area (Å²) >= 11 is 1.67. The summed E-state index contributed by atoms with van der Waals surface area (Å²) in [7, 11) is 0. The molecule has 20 heavy (non-hydrogen) atoms. The van der Waals surface area contributed by atoms with Crippen LogP contribution in [-0.4, -0.2) is 22.6 Å². The normalized spacial score (nSPS) is 22.2. The predicted octanol–water partition coefficient (Wildman–Crippen LogP) is 3.44. The molecular formula is C17H15NOS. The van der Waals surface area contributed by atoms with E-state index in [2.05, 4.69) is 30.2 Å². The molecule has 3 rings (SSSR count). The van der Waals surface area contributed by atoms with Gasteiger partial charge in [-0.15, -0.1) is 18.2 Å². The van der Waals surface area contributed by atoms with Crippen LogP contribution in [0.2, 0.25) is 0 Å². The molecule has 0 saturated carbocycles. The first-order valence-electron chi connectivity index (χ1n) is 6.59. The van der Waals surface area contributed by atoms with Gasteiger partial charge >= 0.3 is 0 Å². The molecule has 3 heteroatoms. The molecule has 0 spiro atoms. The number of hydrogen-bond acceptors (Lipinski definition) is 2. The van der Waals surface area contributed by atoms with Crippen molar-refractivity contribution in [2.75, 3.05) is 6.54 Å². The molecule has 2 aromatic rings. The number of fused-ring (bicyclic) bond motifs is 1. The van der Waals surface area contributed by atoms with Crippen LogP contribution < -0.4 is 0 Å². The summed E-state index contributed by atoms with van der Waals surface area (Å²) in [5.41, 5.74) is 1.17. The second kappa shape index (κ2) is 5.22. The van der Waals surface area contributed by atoms with Gasteiger partial charge in [0.05, 0.1) is 11.8 Å². The summed E-state index contributed by atoms with van der Waals surface area (Å²) in [5.74, 6) is 2.73. The van der Waals surface area contributed by atoms with Crippen LogP contribution in [0.3, 0.4) is 0 Å². The van der Waals surface area contributed by atoms with Gasteiger partial charge in [-0.25, -0.2) is 0 Å². The minimum atomic E-state index is -0.0349. The summed E-state index contributed by atoms with van der Waals surface area (Å²) in [4.78, 5) is 14.0. The zero-order valence-electron chi connectivity index (χ0n) is 11.2. The van der Waals surface area contributed by atoms with E-state index in [4.69, 9.17) is 6.42 Å². The van der Waals surface area contributed by atoms with Crippen LogP contribution in [0.5, 0.6) is 0 Å². The Bertz CT molecular complexity index is 698. The van der Waals surface area contributed by atoms with E-state index in [1.54, 1.807) is 16.7 Å². The first-order valence-corrected chi connectivity index (χ1v) is 7.53. The fourth-order valence-electron chi connectivity index (χ4n) is 2.64. The van der Waals surface area contributed by atoms with E-state index in [9.17, 15) is 4.79 Å². The minimum Gasteiger partial charge on any atom is -0.314 e. The Morgan fingerprint density at radius 1 is 1.25 bits per heavy atom. The number of amides is 1. The first-order chi connectivity index (χ1) is 9.72. The van der Waals surface area contributed by atoms with Crippen LogP contribution in [0.15, 0.2) is 42.5 Å². The fraction of sp³-hybridized carbons (Fsp3) is 0.235. The van der Waals surface area contributed by atoms with Crippen molar-refractivity contribution in [3.63, 3.8) is 0 Å². The summed E-state index contributed by atoms with van der Waals surface area (Å²) in [6, 6.07) is 14.5. The van der Waals surface area contributed by atoms with E-state index in [1.165, 1.54) is 16.3 Å². The molecule has 0 aliphatic carbocycles. The van der Waals surface area contributed by atoms with Crippen molar-refractivity contribution in [2.24, 2.45) is 0 Å². The molecule has 1 fully saturated rings. The van der Waals surface area contributed by atoms with Gasteiger partial charge in [0.15, 0.2) is 0 Å². The highest BCUT2D eigenvalue weighted by Crippen LogP contribution is 2.44. The molecule has 1 saturated heterocycles. The summed E-state index contributed by atoms with van der Waals surface area (Å²) in [6.45, 7) is 2.31. The molecule has 2 atom stereocenters. The molecule has 0 bridgehead atoms. The van der Waals surface area contributed by atoms with Gasteiger partial charge in [-0.3, -0.25) is 4.79 Å². The van der Waals surface area contributed by atoms with Gasteiger partial charge < -0.3 is 4.90 Å². The molecule has 2 nitrogen and oxygen atoms in total. The van der Waals surface area contributed by atoms with Crippen molar-refractivity contribution in [1.29, 1.82) is 0 Å². The lowest BCUT2D eigenvalue weighted by Crippen LogP contribution is -2.30. The van der Waals surface area contributed by atoms with Crippen molar-refractivity contribution >= 4 is 28.4 Å². The highest BCUT2D eigenvalue weighted by molar-refractivity contribution is 8.01. The van der Waals surface area contributed by atoms with Crippen LogP contribution in [0, 0.1) is 12.3 Å². The zero-order valence-corrected chi connectivity index (χ0v) is 12.1. The summed E-state index contributed by atoms with van der Waals surface area (Å²) < 4.78 is 0. The van der Waals surface area contributed by atoms with Gasteiger partial charge in [0.25, 0.3) is 0 Å². The number of carbonyl (C=O) groups is 1. The number of terminal acetylenes is 1. The zero-order chi connectivity index (χ0) is 14.1. The maximum Gasteiger partial charge on any atom is 0.237 e. The molecule has 1 aliphatic rings. The lowest BCUT2D eigenvalue weighted by Gasteiger charge is -2.23. The SMILES string of the molecule is C#CCN1C(=O)C(C)SC1c1cccc2ccccc12. The quantitative estimate of drug-likeness (QED) is 0.786. The monoisotopic (exact) mass is 281 g/mol. The van der Waals surface area contributed by atoms with Gasteiger partial charge in [0, 0.05) is 0 Å². The van der Waals surface area contributed by atoms with E-state index in [-0.39, 0.29) is 16.5 Å². The Labute approximate surface area is 123 Å². The molecule has 1 amide bonds. The molecule has 1 heterocycles. The lowest BCUT2D eigenvalue weighted by molar-refractivity contribution is -0.129. The number of hydrogen-bond donors (Lipinski definition) is 0. The van der Waals surface area contributed by atoms with E-state index < -0.39 is 0 Å². The third kappa shape index (κ3) is 2.07. The van der Waals surface area contributed by atoms with E-state index in [0.29, 0.717) is 6.54 Å². The highest BCUT2D eigenvalue weighted by Gasteiger charge is 2.38. The number of thioether (sulfide) groups is 1. The molecule has 0 radical (unpaired) electrons. The minimum absolute atomic E-state index is 0.0136. The third-order valence-corrected chi connectivity index (χ3v) is 4.97. The van der Waals surface area contributed by atoms with Crippen molar-refractivity contribution < 1.29 is 4.79 Å². The largest absolute Gasteiger partial charge is 0.314 e. The second-order valence-electron chi connectivity index (χ2n) is 4.87. The molecular weight excluding hydrogens is 266 g/mol. The number of benzene rings is 2. The molecule has 0 N–H and O–H groups in total. The van der Waals surface area contributed by atoms with Crippen LogP contribution in [-0.2, 0) is 4.79 Å². The van der Waals surface area contributed by atoms with Crippen LogP contribution in [0.4, 0.5) is 0 Å². The smallest absolute Gasteiger partial charge is 0.237 e. The van der Waals surface area contributed by atoms with Gasteiger partial charge in [0.2, 0.25) is 5.91 Å². The Morgan fingerprint density at radius 3 is 2.80 bits per heavy atom. The van der Waals surface area contributed by atoms with Crippen molar-refractivity contribution in [3.8, 4) is 12.3 Å². The standard InChI is InChI=1S/C17H15NOS/c1-3-11-18-16(19)12(2)20-17(18)15-10-6-8-13-7-4-5-9-14(13)15/h1,4-10,12,17H,11H2,2H3. The van der Waals surface area contributed by atoms with Gasteiger partial charge in [-0.2, -0.15) is 0 Å². The number of nitrogens with zero attached hydrogens (tertiary/aromatic N) is 1. The van der Waals surface area contributed by atoms with Gasteiger partial charge in [-0.05, 0) is 23.3 Å². The topological polar surface area (TPSA) is 20.3 Å². The average molecular weight is 281 g/mol. The Morgan fingerprint density at radius 2 is 2.00 bits per heavy atom. The Kier molecular flexibility index (Phi) is 3.42.